The largest absolute Gasteiger partial charge is 0.338 e. The Hall–Kier alpha value is -1.43. The molecule has 1 aliphatic heterocycles. The van der Waals surface area contributed by atoms with Crippen LogP contribution in [0.15, 0.2) is 0 Å². The van der Waals surface area contributed by atoms with Crippen LogP contribution in [0.2, 0.25) is 0 Å². The monoisotopic (exact) mass is 251 g/mol. The van der Waals surface area contributed by atoms with Crippen molar-refractivity contribution in [2.75, 3.05) is 20.1 Å². The zero-order chi connectivity index (χ0) is 13.2. The van der Waals surface area contributed by atoms with E-state index in [-0.39, 0.29) is 11.3 Å². The van der Waals surface area contributed by atoms with Gasteiger partial charge in [0, 0.05) is 13.6 Å². The standard InChI is InChI=1S/C12H21N5O/c1-9-14-10(16-15-9)7-17(3)11(18)12(2)5-4-6-13-8-12/h13H,4-8H2,1-3H3,(H,14,15,16). The Labute approximate surface area is 107 Å². The Bertz CT molecular complexity index is 422. The average Bonchev–Trinajstić information content (AvgIpc) is 2.74. The molecule has 1 aliphatic rings. The molecule has 0 aromatic carbocycles. The fourth-order valence-electron chi connectivity index (χ4n) is 2.44. The number of H-pyrrole nitrogens is 1. The molecule has 0 aliphatic carbocycles. The van der Waals surface area contributed by atoms with Crippen LogP contribution in [-0.2, 0) is 11.3 Å². The lowest BCUT2D eigenvalue weighted by molar-refractivity contribution is -0.141. The summed E-state index contributed by atoms with van der Waals surface area (Å²) in [6, 6.07) is 0. The average molecular weight is 251 g/mol. The highest BCUT2D eigenvalue weighted by molar-refractivity contribution is 5.82. The molecule has 1 fully saturated rings. The minimum atomic E-state index is -0.293. The third kappa shape index (κ3) is 2.69. The third-order valence-corrected chi connectivity index (χ3v) is 3.48. The Morgan fingerprint density at radius 1 is 1.56 bits per heavy atom. The van der Waals surface area contributed by atoms with Crippen LogP contribution in [0.4, 0.5) is 0 Å². The molecule has 2 heterocycles. The minimum absolute atomic E-state index is 0.164. The lowest BCUT2D eigenvalue weighted by Gasteiger charge is -2.35. The summed E-state index contributed by atoms with van der Waals surface area (Å²) >= 11 is 0. The van der Waals surface area contributed by atoms with Crippen LogP contribution in [0.1, 0.15) is 31.4 Å². The molecular weight excluding hydrogens is 230 g/mol. The van der Waals surface area contributed by atoms with E-state index in [1.165, 1.54) is 0 Å². The first-order chi connectivity index (χ1) is 8.51. The summed E-state index contributed by atoms with van der Waals surface area (Å²) in [5.74, 6) is 1.60. The molecule has 2 N–H and O–H groups in total. The van der Waals surface area contributed by atoms with Crippen molar-refractivity contribution < 1.29 is 4.79 Å². The van der Waals surface area contributed by atoms with E-state index in [0.29, 0.717) is 12.4 Å². The molecule has 1 amide bonds. The van der Waals surface area contributed by atoms with Crippen molar-refractivity contribution in [2.24, 2.45) is 5.41 Å². The number of hydrogen-bond donors (Lipinski definition) is 2. The van der Waals surface area contributed by atoms with Gasteiger partial charge in [0.15, 0.2) is 5.82 Å². The predicted octanol–water partition coefficient (Wildman–Crippen LogP) is 0.461. The maximum absolute atomic E-state index is 12.5. The first-order valence-corrected chi connectivity index (χ1v) is 6.35. The van der Waals surface area contributed by atoms with Gasteiger partial charge in [-0.25, -0.2) is 4.98 Å². The zero-order valence-electron chi connectivity index (χ0n) is 11.3. The summed E-state index contributed by atoms with van der Waals surface area (Å²) in [6.07, 6.45) is 1.99. The molecule has 0 saturated carbocycles. The highest BCUT2D eigenvalue weighted by Crippen LogP contribution is 2.27. The van der Waals surface area contributed by atoms with Gasteiger partial charge in [0.25, 0.3) is 0 Å². The second-order valence-corrected chi connectivity index (χ2v) is 5.34. The second kappa shape index (κ2) is 5.06. The van der Waals surface area contributed by atoms with Crippen LogP contribution in [-0.4, -0.2) is 46.1 Å². The van der Waals surface area contributed by atoms with Crippen molar-refractivity contribution in [2.45, 2.75) is 33.2 Å². The molecule has 6 nitrogen and oxygen atoms in total. The highest BCUT2D eigenvalue weighted by atomic mass is 16.2. The third-order valence-electron chi connectivity index (χ3n) is 3.48. The molecule has 0 bridgehead atoms. The summed E-state index contributed by atoms with van der Waals surface area (Å²) < 4.78 is 0. The molecule has 2 rings (SSSR count). The lowest BCUT2D eigenvalue weighted by atomic mass is 9.81. The van der Waals surface area contributed by atoms with E-state index in [1.54, 1.807) is 4.90 Å². The van der Waals surface area contributed by atoms with Crippen molar-refractivity contribution in [3.05, 3.63) is 11.6 Å². The molecule has 6 heteroatoms. The number of aromatic amines is 1. The predicted molar refractivity (Wildman–Crippen MR) is 67.8 cm³/mol. The molecule has 1 atom stereocenters. The van der Waals surface area contributed by atoms with E-state index in [4.69, 9.17) is 0 Å². The molecule has 0 spiro atoms. The van der Waals surface area contributed by atoms with Gasteiger partial charge in [0.2, 0.25) is 5.91 Å². The van der Waals surface area contributed by atoms with Crippen molar-refractivity contribution >= 4 is 5.91 Å². The Balaban J connectivity index is 1.99. The Kier molecular flexibility index (Phi) is 3.65. The normalized spacial score (nSPS) is 23.9. The van der Waals surface area contributed by atoms with Crippen molar-refractivity contribution in [1.29, 1.82) is 0 Å². The van der Waals surface area contributed by atoms with Crippen molar-refractivity contribution in [1.82, 2.24) is 25.4 Å². The number of carbonyl (C=O) groups is 1. The summed E-state index contributed by atoms with van der Waals surface area (Å²) in [6.45, 7) is 6.10. The van der Waals surface area contributed by atoms with E-state index < -0.39 is 0 Å². The smallest absolute Gasteiger partial charge is 0.229 e. The van der Waals surface area contributed by atoms with E-state index in [9.17, 15) is 4.79 Å². The van der Waals surface area contributed by atoms with Crippen LogP contribution in [0.5, 0.6) is 0 Å². The fourth-order valence-corrected chi connectivity index (χ4v) is 2.44. The quantitative estimate of drug-likeness (QED) is 0.818. The molecule has 18 heavy (non-hydrogen) atoms. The Morgan fingerprint density at radius 2 is 2.33 bits per heavy atom. The topological polar surface area (TPSA) is 73.9 Å². The van der Waals surface area contributed by atoms with Gasteiger partial charge in [-0.1, -0.05) is 0 Å². The zero-order valence-corrected chi connectivity index (χ0v) is 11.3. The summed E-state index contributed by atoms with van der Waals surface area (Å²) in [5, 5.41) is 10.1. The molecular formula is C12H21N5O. The van der Waals surface area contributed by atoms with Crippen molar-refractivity contribution in [3.8, 4) is 0 Å². The van der Waals surface area contributed by atoms with E-state index in [1.807, 2.05) is 20.9 Å². The number of amides is 1. The summed E-state index contributed by atoms with van der Waals surface area (Å²) in [5.41, 5.74) is -0.293. The van der Waals surface area contributed by atoms with Crippen LogP contribution < -0.4 is 5.32 Å². The minimum Gasteiger partial charge on any atom is -0.338 e. The second-order valence-electron chi connectivity index (χ2n) is 5.34. The lowest BCUT2D eigenvalue weighted by Crippen LogP contribution is -2.49. The summed E-state index contributed by atoms with van der Waals surface area (Å²) in [7, 11) is 1.81. The van der Waals surface area contributed by atoms with E-state index in [0.717, 1.165) is 31.8 Å². The number of aryl methyl sites for hydroxylation is 1. The van der Waals surface area contributed by atoms with Gasteiger partial charge in [-0.05, 0) is 33.2 Å². The molecule has 1 saturated heterocycles. The molecule has 1 aromatic rings. The first kappa shape index (κ1) is 13.0. The van der Waals surface area contributed by atoms with E-state index >= 15 is 0 Å². The fraction of sp³-hybridized carbons (Fsp3) is 0.750. The number of aromatic nitrogens is 3. The maximum atomic E-state index is 12.5. The number of nitrogens with one attached hydrogen (secondary N) is 2. The van der Waals surface area contributed by atoms with Gasteiger partial charge in [-0.2, -0.15) is 5.10 Å². The molecule has 1 aromatic heterocycles. The van der Waals surface area contributed by atoms with Crippen LogP contribution in [0.3, 0.4) is 0 Å². The van der Waals surface area contributed by atoms with Gasteiger partial charge in [-0.3, -0.25) is 9.89 Å². The summed E-state index contributed by atoms with van der Waals surface area (Å²) in [4.78, 5) is 18.4. The van der Waals surface area contributed by atoms with Crippen molar-refractivity contribution in [3.63, 3.8) is 0 Å². The van der Waals surface area contributed by atoms with Gasteiger partial charge in [0.1, 0.15) is 5.82 Å². The van der Waals surface area contributed by atoms with E-state index in [2.05, 4.69) is 20.5 Å². The van der Waals surface area contributed by atoms with Crippen LogP contribution >= 0.6 is 0 Å². The maximum Gasteiger partial charge on any atom is 0.229 e. The number of rotatable bonds is 3. The number of piperidine rings is 1. The van der Waals surface area contributed by atoms with Gasteiger partial charge < -0.3 is 10.2 Å². The number of carbonyl (C=O) groups excluding carboxylic acids is 1. The SMILES string of the molecule is Cc1nc(CN(C)C(=O)C2(C)CCCNC2)n[nH]1. The number of nitrogens with zero attached hydrogens (tertiary/aromatic N) is 3. The molecule has 0 radical (unpaired) electrons. The Morgan fingerprint density at radius 3 is 2.89 bits per heavy atom. The molecule has 100 valence electrons. The van der Waals surface area contributed by atoms with Crippen LogP contribution in [0.25, 0.3) is 0 Å². The van der Waals surface area contributed by atoms with Gasteiger partial charge >= 0.3 is 0 Å². The highest BCUT2D eigenvalue weighted by Gasteiger charge is 2.36. The number of hydrogen-bond acceptors (Lipinski definition) is 4. The molecule has 1 unspecified atom stereocenters. The van der Waals surface area contributed by atoms with Gasteiger partial charge in [-0.15, -0.1) is 0 Å². The first-order valence-electron chi connectivity index (χ1n) is 6.35. The van der Waals surface area contributed by atoms with Crippen LogP contribution in [0, 0.1) is 12.3 Å². The van der Waals surface area contributed by atoms with Gasteiger partial charge in [0.05, 0.1) is 12.0 Å².